The molecule has 10 nitrogen and oxygen atoms in total. The molecule has 0 aromatic heterocycles. The van der Waals surface area contributed by atoms with E-state index in [4.69, 9.17) is 14.2 Å². The predicted molar refractivity (Wildman–Crippen MR) is 165 cm³/mol. The molecule has 5 rings (SSSR count). The van der Waals surface area contributed by atoms with Crippen molar-refractivity contribution in [2.75, 3.05) is 59.2 Å². The third kappa shape index (κ3) is 5.85. The lowest BCUT2D eigenvalue weighted by molar-refractivity contribution is -0.163. The SMILES string of the molecule is C=CCCOC(=O)[C@H]1[C@H]2C(=O)N([C@@H](CO)Cc3ccccc3)C(C(=O)N(CC=C)CCN3CCOCC3)C23CC[C@]1(CC)O3. The number of carbonyl (C=O) groups excluding carboxylic acids is 3. The highest BCUT2D eigenvalue weighted by Crippen LogP contribution is 2.65. The number of nitrogens with zero attached hydrogens (tertiary/aromatic N) is 3. The molecule has 0 aliphatic carbocycles. The molecule has 2 amide bonds. The van der Waals surface area contributed by atoms with Crippen molar-refractivity contribution >= 4 is 17.8 Å². The molecule has 10 heteroatoms. The van der Waals surface area contributed by atoms with E-state index < -0.39 is 41.1 Å². The summed E-state index contributed by atoms with van der Waals surface area (Å²) in [7, 11) is 0. The summed E-state index contributed by atoms with van der Waals surface area (Å²) in [5, 5.41) is 10.7. The molecular weight excluding hydrogens is 562 g/mol. The second-order valence-corrected chi connectivity index (χ2v) is 12.4. The standard InChI is InChI=1S/C34H47N3O7/c1-4-7-20-43-32(41)28-27-30(39)37(26(24-38)23-25-11-9-8-10-12-25)29(34(27)14-13-33(28,6-3)44-34)31(40)36(15-5-2)17-16-35-18-21-42-22-19-35/h4-5,8-12,26-29,38H,1-2,6-7,13-24H2,3H3/t26-,27+,28-,29?,33+,34?/m1/s1. The van der Waals surface area contributed by atoms with Crippen LogP contribution in [0, 0.1) is 11.8 Å². The van der Waals surface area contributed by atoms with Crippen LogP contribution in [0.25, 0.3) is 0 Å². The number of hydrogen-bond acceptors (Lipinski definition) is 8. The molecule has 1 aromatic carbocycles. The summed E-state index contributed by atoms with van der Waals surface area (Å²) in [6.07, 6.45) is 5.76. The number of hydrogen-bond donors (Lipinski definition) is 1. The fourth-order valence-corrected chi connectivity index (χ4v) is 7.86. The van der Waals surface area contributed by atoms with E-state index in [0.717, 1.165) is 18.7 Å². The van der Waals surface area contributed by atoms with Crippen LogP contribution in [0.2, 0.25) is 0 Å². The molecule has 4 aliphatic rings. The Labute approximate surface area is 260 Å². The van der Waals surface area contributed by atoms with E-state index in [2.05, 4.69) is 18.1 Å². The first-order valence-corrected chi connectivity index (χ1v) is 16.0. The molecule has 240 valence electrons. The maximum Gasteiger partial charge on any atom is 0.312 e. The van der Waals surface area contributed by atoms with Gasteiger partial charge in [0.05, 0.1) is 44.0 Å². The number of likely N-dealkylation sites (tertiary alicyclic amines) is 1. The van der Waals surface area contributed by atoms with E-state index in [0.29, 0.717) is 65.0 Å². The van der Waals surface area contributed by atoms with Crippen LogP contribution in [-0.2, 0) is 35.0 Å². The van der Waals surface area contributed by atoms with Crippen molar-refractivity contribution in [1.29, 1.82) is 0 Å². The first kappa shape index (κ1) is 32.3. The second kappa shape index (κ2) is 13.9. The van der Waals surface area contributed by atoms with Crippen LogP contribution >= 0.6 is 0 Å². The molecule has 4 fully saturated rings. The minimum atomic E-state index is -1.20. The molecule has 6 atom stereocenters. The molecule has 44 heavy (non-hydrogen) atoms. The largest absolute Gasteiger partial charge is 0.465 e. The number of benzene rings is 1. The summed E-state index contributed by atoms with van der Waals surface area (Å²) in [4.78, 5) is 48.7. The number of ether oxygens (including phenoxy) is 3. The highest BCUT2D eigenvalue weighted by Gasteiger charge is 2.79. The molecule has 4 heterocycles. The number of aliphatic hydroxyl groups is 1. The third-order valence-corrected chi connectivity index (χ3v) is 10.0. The van der Waals surface area contributed by atoms with Gasteiger partial charge < -0.3 is 29.1 Å². The predicted octanol–water partition coefficient (Wildman–Crippen LogP) is 2.21. The van der Waals surface area contributed by atoms with Crippen molar-refractivity contribution in [2.24, 2.45) is 11.8 Å². The number of aliphatic hydroxyl groups excluding tert-OH is 1. The summed E-state index contributed by atoms with van der Waals surface area (Å²) in [6, 6.07) is 7.95. The second-order valence-electron chi connectivity index (χ2n) is 12.4. The molecular formula is C34H47N3O7. The molecule has 1 aromatic rings. The zero-order chi connectivity index (χ0) is 31.3. The minimum absolute atomic E-state index is 0.167. The Balaban J connectivity index is 1.53. The first-order chi connectivity index (χ1) is 21.4. The average molecular weight is 610 g/mol. The van der Waals surface area contributed by atoms with Crippen LogP contribution in [0.5, 0.6) is 0 Å². The van der Waals surface area contributed by atoms with Gasteiger partial charge in [0.2, 0.25) is 11.8 Å². The zero-order valence-electron chi connectivity index (χ0n) is 25.9. The number of morpholine rings is 1. The average Bonchev–Trinajstić information content (AvgIpc) is 3.66. The summed E-state index contributed by atoms with van der Waals surface area (Å²) < 4.78 is 18.1. The Hall–Kier alpha value is -3.05. The molecule has 1 N–H and O–H groups in total. The maximum atomic E-state index is 14.8. The zero-order valence-corrected chi connectivity index (χ0v) is 25.9. The fraction of sp³-hybridized carbons (Fsp3) is 0.618. The van der Waals surface area contributed by atoms with Crippen molar-refractivity contribution in [2.45, 2.75) is 62.3 Å². The lowest BCUT2D eigenvalue weighted by Gasteiger charge is -2.40. The van der Waals surface area contributed by atoms with E-state index in [9.17, 15) is 19.5 Å². The van der Waals surface area contributed by atoms with E-state index >= 15 is 0 Å². The highest BCUT2D eigenvalue weighted by atomic mass is 16.6. The molecule has 2 bridgehead atoms. The number of esters is 1. The van der Waals surface area contributed by atoms with E-state index in [1.807, 2.05) is 37.3 Å². The Morgan fingerprint density at radius 1 is 1.18 bits per heavy atom. The van der Waals surface area contributed by atoms with Crippen LogP contribution in [0.4, 0.5) is 0 Å². The summed E-state index contributed by atoms with van der Waals surface area (Å²) >= 11 is 0. The number of rotatable bonds is 15. The van der Waals surface area contributed by atoms with Crippen molar-refractivity contribution in [3.63, 3.8) is 0 Å². The molecule has 2 unspecified atom stereocenters. The molecule has 4 saturated heterocycles. The van der Waals surface area contributed by atoms with Gasteiger partial charge in [0.15, 0.2) is 0 Å². The van der Waals surface area contributed by atoms with Crippen LogP contribution in [0.1, 0.15) is 38.2 Å². The van der Waals surface area contributed by atoms with E-state index in [1.165, 1.54) is 0 Å². The van der Waals surface area contributed by atoms with Crippen molar-refractivity contribution in [3.8, 4) is 0 Å². The van der Waals surface area contributed by atoms with Gasteiger partial charge in [-0.1, -0.05) is 49.4 Å². The van der Waals surface area contributed by atoms with Crippen LogP contribution < -0.4 is 0 Å². The topological polar surface area (TPSA) is 109 Å². The van der Waals surface area contributed by atoms with Gasteiger partial charge in [-0.2, -0.15) is 0 Å². The van der Waals surface area contributed by atoms with Crippen molar-refractivity contribution in [1.82, 2.24) is 14.7 Å². The Bertz CT molecular complexity index is 1200. The summed E-state index contributed by atoms with van der Waals surface area (Å²) in [5.74, 6) is -2.76. The lowest BCUT2D eigenvalue weighted by Crippen LogP contribution is -2.60. The number of fused-ring (bicyclic) bond motifs is 1. The quantitative estimate of drug-likeness (QED) is 0.183. The van der Waals surface area contributed by atoms with Gasteiger partial charge >= 0.3 is 5.97 Å². The number of carbonyl (C=O) groups is 3. The Kier molecular flexibility index (Phi) is 10.2. The van der Waals surface area contributed by atoms with Gasteiger partial charge in [-0.3, -0.25) is 19.3 Å². The van der Waals surface area contributed by atoms with Gasteiger partial charge in [-0.15, -0.1) is 13.2 Å². The molecule has 0 saturated carbocycles. The van der Waals surface area contributed by atoms with E-state index in [-0.39, 0.29) is 25.0 Å². The van der Waals surface area contributed by atoms with Gasteiger partial charge in [-0.05, 0) is 37.7 Å². The Morgan fingerprint density at radius 2 is 1.93 bits per heavy atom. The van der Waals surface area contributed by atoms with Gasteiger partial charge in [0, 0.05) is 32.7 Å². The lowest BCUT2D eigenvalue weighted by atomic mass is 9.65. The van der Waals surface area contributed by atoms with Crippen LogP contribution in [0.15, 0.2) is 55.6 Å². The van der Waals surface area contributed by atoms with Gasteiger partial charge in [-0.25, -0.2) is 0 Å². The Morgan fingerprint density at radius 3 is 2.59 bits per heavy atom. The smallest absolute Gasteiger partial charge is 0.312 e. The molecule has 1 spiro atoms. The van der Waals surface area contributed by atoms with Gasteiger partial charge in [0.25, 0.3) is 0 Å². The monoisotopic (exact) mass is 609 g/mol. The molecule has 4 aliphatic heterocycles. The minimum Gasteiger partial charge on any atom is -0.465 e. The van der Waals surface area contributed by atoms with Crippen molar-refractivity contribution in [3.05, 3.63) is 61.2 Å². The fourth-order valence-electron chi connectivity index (χ4n) is 7.86. The normalized spacial score (nSPS) is 30.2. The number of amides is 2. The van der Waals surface area contributed by atoms with Crippen LogP contribution in [-0.4, -0.2) is 120 Å². The van der Waals surface area contributed by atoms with Crippen LogP contribution in [0.3, 0.4) is 0 Å². The first-order valence-electron chi connectivity index (χ1n) is 16.0. The van der Waals surface area contributed by atoms with Gasteiger partial charge in [0.1, 0.15) is 17.6 Å². The maximum absolute atomic E-state index is 14.8. The third-order valence-electron chi connectivity index (χ3n) is 10.0. The summed E-state index contributed by atoms with van der Waals surface area (Å²) in [6.45, 7) is 13.7. The highest BCUT2D eigenvalue weighted by molar-refractivity contribution is 5.98. The van der Waals surface area contributed by atoms with E-state index in [1.54, 1.807) is 22.0 Å². The summed E-state index contributed by atoms with van der Waals surface area (Å²) in [5.41, 5.74) is -1.15. The van der Waals surface area contributed by atoms with Crippen molar-refractivity contribution < 1.29 is 33.7 Å². The molecule has 0 radical (unpaired) electrons.